The van der Waals surface area contributed by atoms with Gasteiger partial charge in [-0.15, -0.1) is 0 Å². The van der Waals surface area contributed by atoms with Crippen molar-refractivity contribution in [2.24, 2.45) is 0 Å². The molecular weight excluding hydrogens is 258 g/mol. The van der Waals surface area contributed by atoms with Gasteiger partial charge in [-0.25, -0.2) is 0 Å². The molecule has 1 heterocycles. The highest BCUT2D eigenvalue weighted by molar-refractivity contribution is 5.86. The molecule has 1 atom stereocenters. The summed E-state index contributed by atoms with van der Waals surface area (Å²) in [4.78, 5) is 22.9. The second-order valence-corrected chi connectivity index (χ2v) is 4.71. The lowest BCUT2D eigenvalue weighted by atomic mass is 10.1. The molecular formula is C14H19N3O3. The van der Waals surface area contributed by atoms with Crippen LogP contribution in [-0.4, -0.2) is 38.1 Å². The highest BCUT2D eigenvalue weighted by Gasteiger charge is 2.23. The van der Waals surface area contributed by atoms with Crippen molar-refractivity contribution in [1.29, 1.82) is 0 Å². The molecule has 1 aliphatic heterocycles. The number of carbonyl (C=O) groups is 2. The number of rotatable bonds is 5. The minimum atomic E-state index is -0.366. The molecule has 1 aromatic rings. The molecule has 0 bridgehead atoms. The Labute approximate surface area is 117 Å². The van der Waals surface area contributed by atoms with Crippen molar-refractivity contribution >= 4 is 11.8 Å². The zero-order chi connectivity index (χ0) is 14.4. The predicted octanol–water partition coefficient (Wildman–Crippen LogP) is -0.463. The molecule has 1 aliphatic rings. The minimum absolute atomic E-state index is 0.0821. The Morgan fingerprint density at radius 3 is 2.95 bits per heavy atom. The largest absolute Gasteiger partial charge is 0.380 e. The van der Waals surface area contributed by atoms with Crippen molar-refractivity contribution < 1.29 is 14.3 Å². The van der Waals surface area contributed by atoms with Gasteiger partial charge in [0, 0.05) is 20.2 Å². The average Bonchev–Trinajstić information content (AvgIpc) is 2.46. The van der Waals surface area contributed by atoms with Crippen molar-refractivity contribution in [2.45, 2.75) is 19.2 Å². The summed E-state index contributed by atoms with van der Waals surface area (Å²) < 4.78 is 5.08. The van der Waals surface area contributed by atoms with Gasteiger partial charge in [-0.05, 0) is 11.1 Å². The van der Waals surface area contributed by atoms with Gasteiger partial charge in [0.1, 0.15) is 6.04 Å². The Balaban J connectivity index is 1.83. The molecule has 1 unspecified atom stereocenters. The van der Waals surface area contributed by atoms with E-state index in [9.17, 15) is 9.59 Å². The van der Waals surface area contributed by atoms with Crippen molar-refractivity contribution in [3.05, 3.63) is 35.4 Å². The van der Waals surface area contributed by atoms with Gasteiger partial charge in [-0.1, -0.05) is 24.3 Å². The van der Waals surface area contributed by atoms with Crippen LogP contribution in [0.1, 0.15) is 11.1 Å². The monoisotopic (exact) mass is 277 g/mol. The van der Waals surface area contributed by atoms with Gasteiger partial charge < -0.3 is 15.4 Å². The van der Waals surface area contributed by atoms with Crippen LogP contribution in [0.25, 0.3) is 0 Å². The summed E-state index contributed by atoms with van der Waals surface area (Å²) >= 11 is 0. The maximum Gasteiger partial charge on any atom is 0.239 e. The first kappa shape index (κ1) is 14.5. The lowest BCUT2D eigenvalue weighted by molar-refractivity contribution is -0.126. The predicted molar refractivity (Wildman–Crippen MR) is 73.8 cm³/mol. The van der Waals surface area contributed by atoms with E-state index in [-0.39, 0.29) is 24.4 Å². The molecule has 20 heavy (non-hydrogen) atoms. The number of ether oxygens (including phenoxy) is 1. The van der Waals surface area contributed by atoms with Gasteiger partial charge in [-0.2, -0.15) is 0 Å². The second-order valence-electron chi connectivity index (χ2n) is 4.71. The van der Waals surface area contributed by atoms with Crippen LogP contribution in [0.5, 0.6) is 0 Å². The molecule has 0 saturated carbocycles. The Hall–Kier alpha value is -1.92. The van der Waals surface area contributed by atoms with E-state index in [1.807, 2.05) is 24.3 Å². The smallest absolute Gasteiger partial charge is 0.239 e. The van der Waals surface area contributed by atoms with Gasteiger partial charge in [0.2, 0.25) is 11.8 Å². The van der Waals surface area contributed by atoms with Gasteiger partial charge in [0.05, 0.1) is 13.2 Å². The molecule has 0 radical (unpaired) electrons. The number of benzene rings is 1. The summed E-state index contributed by atoms with van der Waals surface area (Å²) in [5, 5.41) is 8.41. The highest BCUT2D eigenvalue weighted by Crippen LogP contribution is 2.06. The van der Waals surface area contributed by atoms with Crippen LogP contribution in [-0.2, 0) is 27.5 Å². The van der Waals surface area contributed by atoms with Crippen LogP contribution in [0.4, 0.5) is 0 Å². The molecule has 1 fully saturated rings. The first-order valence-corrected chi connectivity index (χ1v) is 6.53. The first-order chi connectivity index (χ1) is 9.69. The fourth-order valence-electron chi connectivity index (χ4n) is 2.06. The standard InChI is InChI=1S/C14H19N3O3/c1-20-9-11-4-2-3-10(5-11)6-17-14(19)12-7-16-13(18)8-15-12/h2-5,12,15H,6-9H2,1H3,(H,16,18)(H,17,19). The fourth-order valence-corrected chi connectivity index (χ4v) is 2.06. The second kappa shape index (κ2) is 7.02. The third-order valence-corrected chi connectivity index (χ3v) is 3.10. The summed E-state index contributed by atoms with van der Waals surface area (Å²) in [5.41, 5.74) is 2.09. The molecule has 108 valence electrons. The molecule has 0 spiro atoms. The third kappa shape index (κ3) is 4.04. The number of amides is 2. The number of hydrogen-bond donors (Lipinski definition) is 3. The Bertz CT molecular complexity index is 480. The van der Waals surface area contributed by atoms with E-state index in [1.165, 1.54) is 0 Å². The normalized spacial score (nSPS) is 18.4. The van der Waals surface area contributed by atoms with Crippen LogP contribution in [0.2, 0.25) is 0 Å². The first-order valence-electron chi connectivity index (χ1n) is 6.53. The maximum atomic E-state index is 11.9. The zero-order valence-electron chi connectivity index (χ0n) is 11.4. The number of nitrogens with one attached hydrogen (secondary N) is 3. The third-order valence-electron chi connectivity index (χ3n) is 3.10. The number of methoxy groups -OCH3 is 1. The van der Waals surface area contributed by atoms with Crippen LogP contribution < -0.4 is 16.0 Å². The molecule has 6 nitrogen and oxygen atoms in total. The Morgan fingerprint density at radius 2 is 2.25 bits per heavy atom. The molecule has 2 amide bonds. The van der Waals surface area contributed by atoms with Crippen molar-refractivity contribution in [3.63, 3.8) is 0 Å². The molecule has 0 aliphatic carbocycles. The summed E-state index contributed by atoms with van der Waals surface area (Å²) in [5.74, 6) is -0.191. The minimum Gasteiger partial charge on any atom is -0.380 e. The van der Waals surface area contributed by atoms with E-state index in [2.05, 4.69) is 16.0 Å². The zero-order valence-corrected chi connectivity index (χ0v) is 11.4. The number of hydrogen-bond acceptors (Lipinski definition) is 4. The van der Waals surface area contributed by atoms with Gasteiger partial charge >= 0.3 is 0 Å². The summed E-state index contributed by atoms with van der Waals surface area (Å²) in [6, 6.07) is 7.51. The SMILES string of the molecule is COCc1cccc(CNC(=O)C2CNC(=O)CN2)c1. The Kier molecular flexibility index (Phi) is 5.09. The Morgan fingerprint density at radius 1 is 1.45 bits per heavy atom. The lowest BCUT2D eigenvalue weighted by Gasteiger charge is -2.23. The highest BCUT2D eigenvalue weighted by atomic mass is 16.5. The van der Waals surface area contributed by atoms with E-state index in [0.29, 0.717) is 19.7 Å². The lowest BCUT2D eigenvalue weighted by Crippen LogP contribution is -2.57. The summed E-state index contributed by atoms with van der Waals surface area (Å²) in [6.45, 7) is 1.52. The molecule has 6 heteroatoms. The topological polar surface area (TPSA) is 79.5 Å². The van der Waals surface area contributed by atoms with E-state index in [1.54, 1.807) is 7.11 Å². The van der Waals surface area contributed by atoms with Crippen molar-refractivity contribution in [2.75, 3.05) is 20.2 Å². The van der Waals surface area contributed by atoms with E-state index >= 15 is 0 Å². The van der Waals surface area contributed by atoms with Crippen LogP contribution in [0, 0.1) is 0 Å². The molecule has 1 saturated heterocycles. The van der Waals surface area contributed by atoms with E-state index < -0.39 is 0 Å². The van der Waals surface area contributed by atoms with Gasteiger partial charge in [-0.3, -0.25) is 14.9 Å². The summed E-state index contributed by atoms with van der Waals surface area (Å²) in [7, 11) is 1.65. The molecule has 2 rings (SSSR count). The average molecular weight is 277 g/mol. The summed E-state index contributed by atoms with van der Waals surface area (Å²) in [6.07, 6.45) is 0. The molecule has 1 aromatic carbocycles. The van der Waals surface area contributed by atoms with E-state index in [0.717, 1.165) is 11.1 Å². The molecule has 0 aromatic heterocycles. The van der Waals surface area contributed by atoms with Crippen LogP contribution in [0.3, 0.4) is 0 Å². The van der Waals surface area contributed by atoms with Crippen LogP contribution in [0.15, 0.2) is 24.3 Å². The van der Waals surface area contributed by atoms with Gasteiger partial charge in [0.25, 0.3) is 0 Å². The van der Waals surface area contributed by atoms with Crippen molar-refractivity contribution in [1.82, 2.24) is 16.0 Å². The quantitative estimate of drug-likeness (QED) is 0.680. The van der Waals surface area contributed by atoms with E-state index in [4.69, 9.17) is 4.74 Å². The number of carbonyl (C=O) groups excluding carboxylic acids is 2. The molecule has 3 N–H and O–H groups in total. The number of piperazine rings is 1. The van der Waals surface area contributed by atoms with Crippen LogP contribution >= 0.6 is 0 Å². The van der Waals surface area contributed by atoms with Gasteiger partial charge in [0.15, 0.2) is 0 Å². The maximum absolute atomic E-state index is 11.9. The fraction of sp³-hybridized carbons (Fsp3) is 0.429. The van der Waals surface area contributed by atoms with Crippen molar-refractivity contribution in [3.8, 4) is 0 Å².